The predicted molar refractivity (Wildman–Crippen MR) is 113 cm³/mol. The fourth-order valence-electron chi connectivity index (χ4n) is 0. The van der Waals surface area contributed by atoms with Gasteiger partial charge in [-0.05, 0) is 0 Å². The van der Waals surface area contributed by atoms with Crippen molar-refractivity contribution in [2.75, 3.05) is 0 Å². The molecule has 0 aliphatic heterocycles. The molecule has 0 unspecified atom stereocenters. The third-order valence-electron chi connectivity index (χ3n) is 0.354. The average molecular weight is 364 g/mol. The first-order valence-electron chi connectivity index (χ1n) is 2.28. The van der Waals surface area contributed by atoms with Crippen LogP contribution in [0.25, 0.3) is 0 Å². The van der Waals surface area contributed by atoms with E-state index in [1.54, 1.807) is 0 Å². The van der Waals surface area contributed by atoms with Gasteiger partial charge in [0.15, 0.2) is 0 Å². The second kappa shape index (κ2) is 630. The van der Waals surface area contributed by atoms with Gasteiger partial charge in [0.25, 0.3) is 0 Å². The molecule has 0 aliphatic carbocycles. The molecule has 0 fully saturated rings. The van der Waals surface area contributed by atoms with Crippen molar-refractivity contribution in [1.82, 2.24) is 0 Å². The molecule has 0 amide bonds. The van der Waals surface area contributed by atoms with Crippen LogP contribution >= 0.6 is 0 Å². The predicted octanol–water partition coefficient (Wildman–Crippen LogP) is 9.45. The molecule has 0 aromatic carbocycles. The van der Waals surface area contributed by atoms with Crippen molar-refractivity contribution in [3.8, 4) is 0 Å². The van der Waals surface area contributed by atoms with Crippen molar-refractivity contribution in [3.63, 3.8) is 0 Å². The minimum atomic E-state index is 0. The quantitative estimate of drug-likeness (QED) is 0.321. The first kappa shape index (κ1) is 277. The summed E-state index contributed by atoms with van der Waals surface area (Å²) in [6.45, 7) is 7.22. The van der Waals surface area contributed by atoms with E-state index < -0.39 is 0 Å². The van der Waals surface area contributed by atoms with Gasteiger partial charge < -0.3 is 6.92 Å². The molecule has 19 heavy (non-hydrogen) atoms. The van der Waals surface area contributed by atoms with Crippen LogP contribution in [0.2, 0.25) is 6.82 Å². The van der Waals surface area contributed by atoms with Gasteiger partial charge in [0.1, 0.15) is 0 Å². The Hall–Kier alpha value is 1.17. The van der Waals surface area contributed by atoms with Gasteiger partial charge in [0, 0.05) is 32.7 Å². The summed E-state index contributed by atoms with van der Waals surface area (Å²) in [6, 6.07) is 0. The van der Waals surface area contributed by atoms with Crippen LogP contribution in [0.1, 0.15) is 109 Å². The van der Waals surface area contributed by atoms with Gasteiger partial charge in [-0.3, -0.25) is 0 Å². The molecule has 0 saturated carbocycles. The van der Waals surface area contributed by atoms with E-state index in [4.69, 9.17) is 0 Å². The number of hydrogen-bond acceptors (Lipinski definition) is 0. The van der Waals surface area contributed by atoms with E-state index in [0.717, 1.165) is 6.42 Å². The molecular weight excluding hydrogens is 304 g/mol. The minimum absolute atomic E-state index is 0. The minimum Gasteiger partial charge on any atom is -0.343 e. The fourth-order valence-corrected chi connectivity index (χ4v) is 0. The molecular formula is C17H60BY-. The molecule has 0 spiro atoms. The first-order chi connectivity index (χ1) is 2.91. The van der Waals surface area contributed by atoms with Crippen LogP contribution in [0.15, 0.2) is 0 Å². The molecule has 3 radical (unpaired) electrons. The second-order valence-electron chi connectivity index (χ2n) is 0.854. The molecule has 0 saturated heterocycles. The second-order valence-corrected chi connectivity index (χ2v) is 0.854. The fraction of sp³-hybridized carbons (Fsp3) is 0.941. The first-order valence-corrected chi connectivity index (χ1v) is 2.28. The zero-order valence-electron chi connectivity index (χ0n) is 5.28. The number of hydrogen-bond donors (Lipinski definition) is 0. The third-order valence-corrected chi connectivity index (χ3v) is 0.354. The summed E-state index contributed by atoms with van der Waals surface area (Å²) in [5.41, 5.74) is 0. The van der Waals surface area contributed by atoms with Crippen molar-refractivity contribution < 1.29 is 32.7 Å². The molecule has 135 valence electrons. The van der Waals surface area contributed by atoms with Crippen LogP contribution < -0.4 is 0 Å². The van der Waals surface area contributed by atoms with E-state index in [9.17, 15) is 0 Å². The molecule has 0 rings (SSSR count). The summed E-state index contributed by atoms with van der Waals surface area (Å²) in [6.07, 6.45) is 2.28. The van der Waals surface area contributed by atoms with Crippen molar-refractivity contribution in [1.29, 1.82) is 0 Å². The van der Waals surface area contributed by atoms with E-state index in [0.29, 0.717) is 0 Å². The topological polar surface area (TPSA) is 0 Å². The molecule has 0 bridgehead atoms. The van der Waals surface area contributed by atoms with Crippen LogP contribution in [0, 0.1) is 6.92 Å². The van der Waals surface area contributed by atoms with Gasteiger partial charge in [0.05, 0.1) is 7.85 Å². The summed E-state index contributed by atoms with van der Waals surface area (Å²) in [5, 5.41) is 0. The van der Waals surface area contributed by atoms with Gasteiger partial charge in [-0.1, -0.05) is 109 Å². The molecule has 0 heterocycles. The van der Waals surface area contributed by atoms with Crippen molar-refractivity contribution in [2.45, 2.75) is 116 Å². The molecule has 0 aromatic heterocycles. The largest absolute Gasteiger partial charge is 0.343 e. The van der Waals surface area contributed by atoms with Crippen molar-refractivity contribution in [2.24, 2.45) is 0 Å². The van der Waals surface area contributed by atoms with Gasteiger partial charge >= 0.3 is 0 Å². The average Bonchev–Trinajstić information content (AvgIpc) is 1.72. The summed E-state index contributed by atoms with van der Waals surface area (Å²) >= 11 is 0. The summed E-state index contributed by atoms with van der Waals surface area (Å²) in [5.74, 6) is 0. The zero-order valence-corrected chi connectivity index (χ0v) is 8.11. The van der Waals surface area contributed by atoms with Gasteiger partial charge in [-0.2, -0.15) is 6.42 Å². The standard InChI is InChI=1S/C4H9.CH3B.12CH4.Y/c1-3-4-2;1-2;;;;;;;;;;;;;/h1,3-4H2,2H3;1H3;12*1H4;/q-1;;;;;;;;;;;;;;. The Bertz CT molecular complexity index is 13.2. The van der Waals surface area contributed by atoms with E-state index >= 15 is 0 Å². The summed E-state index contributed by atoms with van der Waals surface area (Å²) in [7, 11) is 4.50. The van der Waals surface area contributed by atoms with Crippen LogP contribution in [-0.4, -0.2) is 7.85 Å². The summed E-state index contributed by atoms with van der Waals surface area (Å²) in [4.78, 5) is 0. The monoisotopic (exact) mass is 364 g/mol. The van der Waals surface area contributed by atoms with E-state index in [-0.39, 0.29) is 122 Å². The third kappa shape index (κ3) is 1200. The SMILES string of the molecule is C.C.C.C.C.C.C.C.C.C.C.C.[B]C.[CH2-]CCC.[Y]. The summed E-state index contributed by atoms with van der Waals surface area (Å²) < 4.78 is 0. The molecule has 0 nitrogen and oxygen atoms in total. The van der Waals surface area contributed by atoms with Gasteiger partial charge in [-0.15, -0.1) is 0 Å². The molecule has 0 aromatic rings. The van der Waals surface area contributed by atoms with Crippen molar-refractivity contribution in [3.05, 3.63) is 6.92 Å². The van der Waals surface area contributed by atoms with Crippen LogP contribution in [0.5, 0.6) is 0 Å². The van der Waals surface area contributed by atoms with Crippen LogP contribution in [0.4, 0.5) is 0 Å². The van der Waals surface area contributed by atoms with Crippen LogP contribution in [0.3, 0.4) is 0 Å². The van der Waals surface area contributed by atoms with Gasteiger partial charge in [-0.25, -0.2) is 0 Å². The Morgan fingerprint density at radius 2 is 0.632 bits per heavy atom. The Morgan fingerprint density at radius 1 is 0.579 bits per heavy atom. The van der Waals surface area contributed by atoms with E-state index in [1.807, 2.05) is 0 Å². The van der Waals surface area contributed by atoms with E-state index in [1.165, 1.54) is 13.2 Å². The molecule has 0 aliphatic rings. The Morgan fingerprint density at radius 3 is 0.632 bits per heavy atom. The van der Waals surface area contributed by atoms with Crippen LogP contribution in [-0.2, 0) is 32.7 Å². The normalized spacial score (nSPS) is 1.84. The maximum atomic E-state index is 4.50. The Kier molecular flexibility index (Phi) is 9200. The van der Waals surface area contributed by atoms with Gasteiger partial charge in [0.2, 0.25) is 0 Å². The Labute approximate surface area is 162 Å². The number of rotatable bonds is 1. The molecule has 0 atom stereocenters. The van der Waals surface area contributed by atoms with E-state index in [2.05, 4.69) is 21.7 Å². The van der Waals surface area contributed by atoms with Crippen molar-refractivity contribution >= 4 is 7.85 Å². The molecule has 0 N–H and O–H groups in total. The smallest absolute Gasteiger partial charge is 0.0606 e. The maximum absolute atomic E-state index is 4.50. The zero-order chi connectivity index (χ0) is 5.41. The maximum Gasteiger partial charge on any atom is 0.0606 e. The number of unbranched alkanes of at least 4 members (excludes halogenated alkanes) is 1. The Balaban J connectivity index is -0.000000000796. The molecule has 2 heteroatoms.